The topological polar surface area (TPSA) is 57.6 Å². The van der Waals surface area contributed by atoms with Crippen molar-refractivity contribution in [2.24, 2.45) is 0 Å². The highest BCUT2D eigenvalue weighted by molar-refractivity contribution is 7.92. The van der Waals surface area contributed by atoms with Crippen LogP contribution >= 0.6 is 0 Å². The quantitative estimate of drug-likeness (QED) is 0.900. The maximum absolute atomic E-state index is 13.0. The van der Waals surface area contributed by atoms with E-state index in [0.29, 0.717) is 5.69 Å². The van der Waals surface area contributed by atoms with Crippen LogP contribution in [-0.4, -0.2) is 26.2 Å². The Hall–Kier alpha value is -1.85. The first kappa shape index (κ1) is 18.5. The van der Waals surface area contributed by atoms with Gasteiger partial charge in [-0.3, -0.25) is 4.31 Å². The van der Waals surface area contributed by atoms with Crippen molar-refractivity contribution in [1.29, 1.82) is 0 Å². The van der Waals surface area contributed by atoms with Crippen LogP contribution in [0.2, 0.25) is 0 Å². The van der Waals surface area contributed by atoms with Gasteiger partial charge in [0.2, 0.25) is 0 Å². The second kappa shape index (κ2) is 6.95. The smallest absolute Gasteiger partial charge is 0.264 e. The lowest BCUT2D eigenvalue weighted by Gasteiger charge is -2.26. The number of rotatable bonds is 5. The van der Waals surface area contributed by atoms with Crippen molar-refractivity contribution in [2.45, 2.75) is 44.1 Å². The second-order valence-electron chi connectivity index (χ2n) is 7.00. The number of anilines is 1. The van der Waals surface area contributed by atoms with Crippen LogP contribution in [-0.2, 0) is 15.4 Å². The van der Waals surface area contributed by atoms with Gasteiger partial charge in [-0.2, -0.15) is 0 Å². The lowest BCUT2D eigenvalue weighted by Crippen LogP contribution is -2.36. The van der Waals surface area contributed by atoms with Gasteiger partial charge in [-0.05, 0) is 42.2 Å². The molecule has 0 aliphatic rings. The van der Waals surface area contributed by atoms with Crippen LogP contribution in [0, 0.1) is 0 Å². The predicted octanol–water partition coefficient (Wildman–Crippen LogP) is 3.56. The molecule has 1 unspecified atom stereocenters. The highest BCUT2D eigenvalue weighted by Crippen LogP contribution is 2.27. The van der Waals surface area contributed by atoms with Crippen molar-refractivity contribution >= 4 is 15.7 Å². The Kier molecular flexibility index (Phi) is 5.35. The normalized spacial score (nSPS) is 13.5. The standard InChI is InChI=1S/C19H25NO3S/c1-15(21)14-20(17-8-6-5-7-9-17)24(22,23)18-12-10-16(11-13-18)19(2,3)4/h5-13,15,21H,14H2,1-4H3. The molecular formula is C19H25NO3S. The molecule has 2 aromatic rings. The van der Waals surface area contributed by atoms with Crippen molar-refractivity contribution in [1.82, 2.24) is 0 Å². The summed E-state index contributed by atoms with van der Waals surface area (Å²) in [5.74, 6) is 0. The fourth-order valence-corrected chi connectivity index (χ4v) is 3.98. The van der Waals surface area contributed by atoms with Crippen LogP contribution < -0.4 is 4.31 Å². The third-order valence-electron chi connectivity index (χ3n) is 3.78. The molecule has 0 saturated heterocycles. The van der Waals surface area contributed by atoms with E-state index in [1.165, 1.54) is 4.31 Å². The van der Waals surface area contributed by atoms with Crippen LogP contribution in [0.25, 0.3) is 0 Å². The summed E-state index contributed by atoms with van der Waals surface area (Å²) in [5, 5.41) is 9.74. The van der Waals surface area contributed by atoms with Gasteiger partial charge < -0.3 is 5.11 Å². The molecule has 0 bridgehead atoms. The number of benzene rings is 2. The van der Waals surface area contributed by atoms with Gasteiger partial charge in [0.05, 0.1) is 23.2 Å². The van der Waals surface area contributed by atoms with E-state index in [0.717, 1.165) is 5.56 Å². The van der Waals surface area contributed by atoms with Crippen LogP contribution in [0.3, 0.4) is 0 Å². The molecule has 1 atom stereocenters. The van der Waals surface area contributed by atoms with Gasteiger partial charge in [-0.25, -0.2) is 8.42 Å². The first-order valence-corrected chi connectivity index (χ1v) is 9.43. The summed E-state index contributed by atoms with van der Waals surface area (Å²) < 4.78 is 27.3. The molecule has 0 heterocycles. The summed E-state index contributed by atoms with van der Waals surface area (Å²) in [6.07, 6.45) is -0.770. The van der Waals surface area contributed by atoms with E-state index in [1.807, 2.05) is 18.2 Å². The molecule has 24 heavy (non-hydrogen) atoms. The van der Waals surface area contributed by atoms with Crippen LogP contribution in [0.4, 0.5) is 5.69 Å². The summed E-state index contributed by atoms with van der Waals surface area (Å²) in [7, 11) is -3.74. The Balaban J connectivity index is 2.45. The Bertz CT molecular complexity index is 761. The van der Waals surface area contributed by atoms with Crippen LogP contribution in [0.1, 0.15) is 33.3 Å². The predicted molar refractivity (Wildman–Crippen MR) is 97.8 cm³/mol. The minimum Gasteiger partial charge on any atom is -0.392 e. The Morgan fingerprint density at radius 2 is 1.54 bits per heavy atom. The van der Waals surface area contributed by atoms with Gasteiger partial charge in [0.25, 0.3) is 10.0 Å². The maximum atomic E-state index is 13.0. The molecule has 1 N–H and O–H groups in total. The first-order valence-electron chi connectivity index (χ1n) is 7.99. The second-order valence-corrected chi connectivity index (χ2v) is 8.86. The Labute approximate surface area is 144 Å². The lowest BCUT2D eigenvalue weighted by atomic mass is 9.87. The molecule has 2 aromatic carbocycles. The molecule has 0 saturated carbocycles. The third kappa shape index (κ3) is 4.16. The number of sulfonamides is 1. The average molecular weight is 347 g/mol. The minimum atomic E-state index is -3.74. The molecule has 0 spiro atoms. The third-order valence-corrected chi connectivity index (χ3v) is 5.59. The van der Waals surface area contributed by atoms with E-state index in [1.54, 1.807) is 43.3 Å². The van der Waals surface area contributed by atoms with E-state index in [2.05, 4.69) is 20.8 Å². The number of hydrogen-bond donors (Lipinski definition) is 1. The zero-order chi connectivity index (χ0) is 18.0. The molecule has 0 aliphatic heterocycles. The molecule has 5 heteroatoms. The highest BCUT2D eigenvalue weighted by Gasteiger charge is 2.26. The zero-order valence-corrected chi connectivity index (χ0v) is 15.4. The van der Waals surface area contributed by atoms with Gasteiger partial charge >= 0.3 is 0 Å². The van der Waals surface area contributed by atoms with Crippen molar-refractivity contribution in [2.75, 3.05) is 10.8 Å². The number of aliphatic hydroxyl groups excluding tert-OH is 1. The summed E-state index contributed by atoms with van der Waals surface area (Å²) in [6, 6.07) is 15.8. The summed E-state index contributed by atoms with van der Waals surface area (Å²) in [5.41, 5.74) is 1.57. The van der Waals surface area contributed by atoms with Crippen molar-refractivity contribution < 1.29 is 13.5 Å². The van der Waals surface area contributed by atoms with Crippen LogP contribution in [0.5, 0.6) is 0 Å². The van der Waals surface area contributed by atoms with Crippen LogP contribution in [0.15, 0.2) is 59.5 Å². The summed E-state index contributed by atoms with van der Waals surface area (Å²) in [4.78, 5) is 0.222. The largest absolute Gasteiger partial charge is 0.392 e. The highest BCUT2D eigenvalue weighted by atomic mass is 32.2. The van der Waals surface area contributed by atoms with Gasteiger partial charge in [-0.15, -0.1) is 0 Å². The van der Waals surface area contributed by atoms with Crippen molar-refractivity contribution in [3.05, 3.63) is 60.2 Å². The molecule has 2 rings (SSSR count). The van der Waals surface area contributed by atoms with Crippen molar-refractivity contribution in [3.63, 3.8) is 0 Å². The summed E-state index contributed by atoms with van der Waals surface area (Å²) in [6.45, 7) is 7.84. The molecular weight excluding hydrogens is 322 g/mol. The monoisotopic (exact) mass is 347 g/mol. The number of nitrogens with zero attached hydrogens (tertiary/aromatic N) is 1. The Morgan fingerprint density at radius 1 is 1.00 bits per heavy atom. The van der Waals surface area contributed by atoms with Gasteiger partial charge in [0.1, 0.15) is 0 Å². The molecule has 0 aliphatic carbocycles. The molecule has 0 radical (unpaired) electrons. The van der Waals surface area contributed by atoms with E-state index in [4.69, 9.17) is 0 Å². The number of aliphatic hydroxyl groups is 1. The fourth-order valence-electron chi connectivity index (χ4n) is 2.43. The zero-order valence-electron chi connectivity index (χ0n) is 14.6. The molecule has 0 fully saturated rings. The summed E-state index contributed by atoms with van der Waals surface area (Å²) >= 11 is 0. The average Bonchev–Trinajstić information content (AvgIpc) is 2.52. The fraction of sp³-hybridized carbons (Fsp3) is 0.368. The van der Waals surface area contributed by atoms with Gasteiger partial charge in [0, 0.05) is 0 Å². The molecule has 0 amide bonds. The van der Waals surface area contributed by atoms with Gasteiger partial charge in [0.15, 0.2) is 0 Å². The Morgan fingerprint density at radius 3 is 2.00 bits per heavy atom. The molecule has 0 aromatic heterocycles. The minimum absolute atomic E-state index is 0.00731. The van der Waals surface area contributed by atoms with Gasteiger partial charge in [-0.1, -0.05) is 51.1 Å². The van der Waals surface area contributed by atoms with E-state index >= 15 is 0 Å². The van der Waals surface area contributed by atoms with E-state index < -0.39 is 16.1 Å². The molecule has 4 nitrogen and oxygen atoms in total. The molecule has 130 valence electrons. The first-order chi connectivity index (χ1) is 11.1. The lowest BCUT2D eigenvalue weighted by molar-refractivity contribution is 0.204. The SMILES string of the molecule is CC(O)CN(c1ccccc1)S(=O)(=O)c1ccc(C(C)(C)C)cc1. The van der Waals surface area contributed by atoms with Crippen molar-refractivity contribution in [3.8, 4) is 0 Å². The maximum Gasteiger partial charge on any atom is 0.264 e. The van der Waals surface area contributed by atoms with E-state index in [-0.39, 0.29) is 16.9 Å². The number of para-hydroxylation sites is 1. The number of hydrogen-bond acceptors (Lipinski definition) is 3. The van der Waals surface area contributed by atoms with E-state index in [9.17, 15) is 13.5 Å².